The summed E-state index contributed by atoms with van der Waals surface area (Å²) in [6, 6.07) is 3.27. The van der Waals surface area contributed by atoms with E-state index in [-0.39, 0.29) is 6.09 Å². The van der Waals surface area contributed by atoms with E-state index in [2.05, 4.69) is 20.9 Å². The molecule has 0 atom stereocenters. The van der Waals surface area contributed by atoms with E-state index in [1.165, 1.54) is 38.8 Å². The summed E-state index contributed by atoms with van der Waals surface area (Å²) in [5.41, 5.74) is 0.348. The Bertz CT molecular complexity index is 632. The van der Waals surface area contributed by atoms with Crippen molar-refractivity contribution in [2.45, 2.75) is 56.5 Å². The van der Waals surface area contributed by atoms with Crippen molar-refractivity contribution in [3.05, 3.63) is 18.5 Å². The van der Waals surface area contributed by atoms with E-state index < -0.39 is 5.40 Å². The molecule has 1 amide bonds. The average Bonchev–Trinajstić information content (AvgIpc) is 3.22. The molecule has 1 saturated carbocycles. The van der Waals surface area contributed by atoms with Crippen molar-refractivity contribution in [3.8, 4) is 0 Å². The molecule has 4 rings (SSSR count). The van der Waals surface area contributed by atoms with E-state index in [1.54, 1.807) is 0 Å². The van der Waals surface area contributed by atoms with Crippen LogP contribution in [0.4, 0.5) is 4.79 Å². The first-order valence-electron chi connectivity index (χ1n) is 10.0. The summed E-state index contributed by atoms with van der Waals surface area (Å²) in [6.45, 7) is 6.00. The number of likely N-dealkylation sites (tertiary alicyclic amines) is 2. The summed E-state index contributed by atoms with van der Waals surface area (Å²) in [7, 11) is 3.87. The van der Waals surface area contributed by atoms with Crippen LogP contribution in [0.1, 0.15) is 45.1 Å². The fourth-order valence-electron chi connectivity index (χ4n) is 4.96. The summed E-state index contributed by atoms with van der Waals surface area (Å²) in [6.07, 6.45) is 9.80. The van der Waals surface area contributed by atoms with Gasteiger partial charge in [-0.05, 0) is 50.5 Å². The largest absolute Gasteiger partial charge is 0.462 e. The first-order chi connectivity index (χ1) is 12.3. The van der Waals surface area contributed by atoms with Crippen LogP contribution in [0.2, 0.25) is 0 Å². The molecule has 0 radical (unpaired) electrons. The zero-order valence-corrected chi connectivity index (χ0v) is 16.4. The highest BCUT2D eigenvalue weighted by Crippen LogP contribution is 2.50. The Morgan fingerprint density at radius 2 is 1.96 bits per heavy atom. The van der Waals surface area contributed by atoms with Crippen LogP contribution in [0, 0.1) is 5.41 Å². The predicted molar refractivity (Wildman–Crippen MR) is 106 cm³/mol. The minimum absolute atomic E-state index is 0.141. The highest BCUT2D eigenvalue weighted by Gasteiger charge is 2.51. The van der Waals surface area contributed by atoms with Gasteiger partial charge in [0.25, 0.3) is 0 Å². The third kappa shape index (κ3) is 3.66. The number of rotatable bonds is 3. The second-order valence-electron chi connectivity index (χ2n) is 9.47. The first kappa shape index (κ1) is 18.0. The topological polar surface area (TPSA) is 50.6 Å². The Balaban J connectivity index is 1.24. The zero-order chi connectivity index (χ0) is 18.4. The van der Waals surface area contributed by atoms with Gasteiger partial charge in [0.2, 0.25) is 0 Å². The quantitative estimate of drug-likeness (QED) is 0.739. The maximum Gasteiger partial charge on any atom is 0.408 e. The van der Waals surface area contributed by atoms with Gasteiger partial charge < -0.3 is 14.5 Å². The number of amides is 1. The lowest BCUT2D eigenvalue weighted by molar-refractivity contribution is -0.00972. The molecule has 0 N–H and O–H groups in total. The fourth-order valence-corrected chi connectivity index (χ4v) is 4.96. The third-order valence-corrected chi connectivity index (χ3v) is 6.34. The minimum Gasteiger partial charge on any atom is -0.462 e. The van der Waals surface area contributed by atoms with Crippen LogP contribution in [0.5, 0.6) is 0 Å². The SMILES string of the molecule is BC(B)(C)OC(=O)N1CCC2(CC(N3CCC(n4cccn4)CC3)C2)C1. The van der Waals surface area contributed by atoms with Crippen molar-refractivity contribution < 1.29 is 9.53 Å². The van der Waals surface area contributed by atoms with Crippen LogP contribution in [0.15, 0.2) is 18.5 Å². The molecule has 140 valence electrons. The Labute approximate surface area is 158 Å². The van der Waals surface area contributed by atoms with E-state index in [1.807, 2.05) is 39.8 Å². The molecule has 3 fully saturated rings. The molecule has 0 aromatic carbocycles. The van der Waals surface area contributed by atoms with Gasteiger partial charge in [-0.25, -0.2) is 4.79 Å². The number of hydrogen-bond acceptors (Lipinski definition) is 4. The molecule has 1 aliphatic carbocycles. The molecule has 1 aromatic rings. The van der Waals surface area contributed by atoms with Gasteiger partial charge in [0.15, 0.2) is 0 Å². The van der Waals surface area contributed by atoms with Gasteiger partial charge in [0.05, 0.1) is 6.04 Å². The van der Waals surface area contributed by atoms with Crippen LogP contribution >= 0.6 is 0 Å². The molecule has 3 heterocycles. The lowest BCUT2D eigenvalue weighted by atomic mass is 9.64. The van der Waals surface area contributed by atoms with Gasteiger partial charge in [-0.15, -0.1) is 0 Å². The Kier molecular flexibility index (Phi) is 4.58. The van der Waals surface area contributed by atoms with Crippen LogP contribution < -0.4 is 0 Å². The monoisotopic (exact) mass is 356 g/mol. The average molecular weight is 356 g/mol. The molecule has 6 nitrogen and oxygen atoms in total. The lowest BCUT2D eigenvalue weighted by Crippen LogP contribution is -2.54. The van der Waals surface area contributed by atoms with Crippen LogP contribution in [0.25, 0.3) is 0 Å². The molecule has 2 saturated heterocycles. The highest BCUT2D eigenvalue weighted by molar-refractivity contribution is 6.39. The number of hydrogen-bond donors (Lipinski definition) is 0. The van der Waals surface area contributed by atoms with E-state index in [9.17, 15) is 4.79 Å². The Morgan fingerprint density at radius 1 is 1.23 bits per heavy atom. The van der Waals surface area contributed by atoms with Gasteiger partial charge in [-0.3, -0.25) is 4.68 Å². The van der Waals surface area contributed by atoms with Gasteiger partial charge >= 0.3 is 6.09 Å². The number of ether oxygens (including phenoxy) is 1. The number of carbonyl (C=O) groups is 1. The maximum absolute atomic E-state index is 12.3. The molecule has 1 aromatic heterocycles. The number of carbonyl (C=O) groups excluding carboxylic acids is 1. The lowest BCUT2D eigenvalue weighted by Gasteiger charge is -2.51. The summed E-state index contributed by atoms with van der Waals surface area (Å²) in [5, 5.41) is 3.99. The van der Waals surface area contributed by atoms with Gasteiger partial charge in [0.1, 0.15) is 15.7 Å². The standard InChI is InChI=1S/C18H30B2N4O2/c1-17(19,20)26-16(25)23-10-5-18(13-23)11-15(12-18)22-8-3-14(4-9-22)24-7-2-6-21-24/h2,6-7,14-15H,3-5,8-13,19-20H2,1H3. The Hall–Kier alpha value is -1.43. The molecular formula is C18H30B2N4O2. The van der Waals surface area contributed by atoms with Gasteiger partial charge in [-0.2, -0.15) is 5.10 Å². The fraction of sp³-hybridized carbons (Fsp3) is 0.778. The van der Waals surface area contributed by atoms with Crippen molar-refractivity contribution in [2.75, 3.05) is 26.2 Å². The van der Waals surface area contributed by atoms with Crippen molar-refractivity contribution >= 4 is 21.8 Å². The summed E-state index contributed by atoms with van der Waals surface area (Å²) in [4.78, 5) is 16.9. The molecule has 8 heteroatoms. The molecule has 2 aliphatic heterocycles. The molecular weight excluding hydrogens is 326 g/mol. The third-order valence-electron chi connectivity index (χ3n) is 6.34. The van der Waals surface area contributed by atoms with Crippen LogP contribution in [0.3, 0.4) is 0 Å². The smallest absolute Gasteiger partial charge is 0.408 e. The second kappa shape index (κ2) is 6.63. The first-order valence-corrected chi connectivity index (χ1v) is 10.0. The van der Waals surface area contributed by atoms with Crippen LogP contribution in [-0.4, -0.2) is 79.0 Å². The van der Waals surface area contributed by atoms with Crippen molar-refractivity contribution in [1.82, 2.24) is 19.6 Å². The van der Waals surface area contributed by atoms with Crippen molar-refractivity contribution in [3.63, 3.8) is 0 Å². The predicted octanol–water partition coefficient (Wildman–Crippen LogP) is 0.451. The van der Waals surface area contributed by atoms with E-state index in [0.717, 1.165) is 19.5 Å². The van der Waals surface area contributed by atoms with Gasteiger partial charge in [0, 0.05) is 50.0 Å². The Morgan fingerprint density at radius 3 is 2.58 bits per heavy atom. The molecule has 0 bridgehead atoms. The van der Waals surface area contributed by atoms with E-state index >= 15 is 0 Å². The normalized spacial score (nSPS) is 30.5. The summed E-state index contributed by atoms with van der Waals surface area (Å²) < 4.78 is 7.66. The highest BCUT2D eigenvalue weighted by atomic mass is 16.6. The summed E-state index contributed by atoms with van der Waals surface area (Å²) >= 11 is 0. The van der Waals surface area contributed by atoms with Crippen molar-refractivity contribution in [2.24, 2.45) is 5.41 Å². The number of aromatic nitrogens is 2. The maximum atomic E-state index is 12.3. The summed E-state index contributed by atoms with van der Waals surface area (Å²) in [5.74, 6) is 0. The molecule has 26 heavy (non-hydrogen) atoms. The number of piperidine rings is 1. The molecule has 3 aliphatic rings. The zero-order valence-electron chi connectivity index (χ0n) is 16.4. The van der Waals surface area contributed by atoms with Crippen LogP contribution in [-0.2, 0) is 4.74 Å². The minimum atomic E-state index is -0.409. The van der Waals surface area contributed by atoms with E-state index in [4.69, 9.17) is 4.74 Å². The van der Waals surface area contributed by atoms with Crippen molar-refractivity contribution in [1.29, 1.82) is 0 Å². The van der Waals surface area contributed by atoms with Gasteiger partial charge in [-0.1, -0.05) is 0 Å². The second-order valence-corrected chi connectivity index (χ2v) is 9.47. The molecule has 1 spiro atoms. The number of nitrogens with zero attached hydrogens (tertiary/aromatic N) is 4. The molecule has 0 unspecified atom stereocenters. The van der Waals surface area contributed by atoms with E-state index in [0.29, 0.717) is 17.5 Å².